The number of ether oxygens (including phenoxy) is 2. The van der Waals surface area contributed by atoms with Gasteiger partial charge in [-0.25, -0.2) is 14.6 Å². The van der Waals surface area contributed by atoms with Gasteiger partial charge in [0.1, 0.15) is 11.6 Å². The molecule has 0 spiro atoms. The van der Waals surface area contributed by atoms with Gasteiger partial charge in [0.25, 0.3) is 5.56 Å². The molecule has 0 aliphatic rings. The topological polar surface area (TPSA) is 103 Å². The van der Waals surface area contributed by atoms with Crippen LogP contribution in [0.2, 0.25) is 0 Å². The minimum Gasteiger partial charge on any atom is -0.495 e. The minimum absolute atomic E-state index is 0.251. The van der Waals surface area contributed by atoms with Crippen LogP contribution in [0.4, 0.5) is 10.5 Å². The van der Waals surface area contributed by atoms with Crippen LogP contribution < -0.4 is 15.6 Å². The third-order valence-corrected chi connectivity index (χ3v) is 7.29. The van der Waals surface area contributed by atoms with E-state index in [1.165, 1.54) is 0 Å². The molecule has 9 heteroatoms. The summed E-state index contributed by atoms with van der Waals surface area (Å²) in [5.74, 6) is 0.479. The Balaban J connectivity index is 1.62. The molecule has 0 saturated heterocycles. The fourth-order valence-electron chi connectivity index (χ4n) is 5.17. The van der Waals surface area contributed by atoms with E-state index in [0.29, 0.717) is 45.8 Å². The molecule has 0 radical (unpaired) electrons. The number of benzene rings is 4. The van der Waals surface area contributed by atoms with Crippen molar-refractivity contribution in [2.75, 3.05) is 19.0 Å². The number of methoxy groups -OCH3 is 1. The number of carbonyl (C=O) groups excluding carboxylic acids is 2. The summed E-state index contributed by atoms with van der Waals surface area (Å²) in [4.78, 5) is 47.0. The molecule has 0 aliphatic heterocycles. The van der Waals surface area contributed by atoms with Gasteiger partial charge in [0, 0.05) is 12.2 Å². The molecule has 1 heterocycles. The lowest BCUT2D eigenvalue weighted by molar-refractivity contribution is 0.0526. The van der Waals surface area contributed by atoms with Crippen LogP contribution in [0.25, 0.3) is 16.6 Å². The SMILES string of the molecule is CCOC(=O)c1ccc(NC(=O)N(Cc2ccccc2)C(CC)c2nc3ccccc3c(=O)n2-c2ccccc2OC)cc1. The lowest BCUT2D eigenvalue weighted by atomic mass is 10.1. The molecule has 4 aromatic carbocycles. The van der Waals surface area contributed by atoms with Crippen LogP contribution in [0.1, 0.15) is 48.1 Å². The number of aromatic nitrogens is 2. The average Bonchev–Trinajstić information content (AvgIpc) is 3.05. The van der Waals surface area contributed by atoms with Crippen molar-refractivity contribution in [3.05, 3.63) is 130 Å². The maximum Gasteiger partial charge on any atom is 0.338 e. The lowest BCUT2D eigenvalue weighted by Gasteiger charge is -2.32. The van der Waals surface area contributed by atoms with E-state index >= 15 is 0 Å². The summed E-state index contributed by atoms with van der Waals surface area (Å²) >= 11 is 0. The zero-order valence-electron chi connectivity index (χ0n) is 24.9. The number of amides is 2. The molecular formula is C35H34N4O5. The first kappa shape index (κ1) is 30.0. The number of para-hydroxylation sites is 3. The number of urea groups is 1. The lowest BCUT2D eigenvalue weighted by Crippen LogP contribution is -2.40. The summed E-state index contributed by atoms with van der Waals surface area (Å²) in [6.07, 6.45) is 0.460. The van der Waals surface area contributed by atoms with Crippen molar-refractivity contribution in [1.29, 1.82) is 0 Å². The molecule has 5 aromatic rings. The van der Waals surface area contributed by atoms with Crippen LogP contribution in [0.5, 0.6) is 5.75 Å². The number of hydrogen-bond acceptors (Lipinski definition) is 6. The second-order valence-electron chi connectivity index (χ2n) is 10.1. The van der Waals surface area contributed by atoms with E-state index in [-0.39, 0.29) is 18.7 Å². The summed E-state index contributed by atoms with van der Waals surface area (Å²) in [7, 11) is 1.55. The third-order valence-electron chi connectivity index (χ3n) is 7.29. The molecule has 0 fully saturated rings. The summed E-state index contributed by atoms with van der Waals surface area (Å²) in [5, 5.41) is 3.43. The quantitative estimate of drug-likeness (QED) is 0.180. The molecule has 44 heavy (non-hydrogen) atoms. The van der Waals surface area contributed by atoms with Gasteiger partial charge in [-0.05, 0) is 67.4 Å². The second kappa shape index (κ2) is 13.7. The monoisotopic (exact) mass is 590 g/mol. The van der Waals surface area contributed by atoms with E-state index in [0.717, 1.165) is 5.56 Å². The van der Waals surface area contributed by atoms with Gasteiger partial charge < -0.3 is 19.7 Å². The van der Waals surface area contributed by atoms with Gasteiger partial charge in [-0.15, -0.1) is 0 Å². The number of anilines is 1. The summed E-state index contributed by atoms with van der Waals surface area (Å²) in [5.41, 5.74) is 2.60. The van der Waals surface area contributed by atoms with Crippen LogP contribution in [0.3, 0.4) is 0 Å². The number of nitrogens with one attached hydrogen (secondary N) is 1. The maximum absolute atomic E-state index is 14.1. The molecule has 9 nitrogen and oxygen atoms in total. The first-order chi connectivity index (χ1) is 21.4. The Morgan fingerprint density at radius 2 is 1.57 bits per heavy atom. The highest BCUT2D eigenvalue weighted by molar-refractivity contribution is 5.92. The predicted octanol–water partition coefficient (Wildman–Crippen LogP) is 6.76. The van der Waals surface area contributed by atoms with E-state index < -0.39 is 18.0 Å². The molecule has 224 valence electrons. The van der Waals surface area contributed by atoms with Gasteiger partial charge in [-0.2, -0.15) is 0 Å². The molecule has 2 amide bonds. The highest BCUT2D eigenvalue weighted by Gasteiger charge is 2.30. The summed E-state index contributed by atoms with van der Waals surface area (Å²) in [6.45, 7) is 4.22. The Bertz CT molecular complexity index is 1820. The van der Waals surface area contributed by atoms with Crippen molar-refractivity contribution in [3.8, 4) is 11.4 Å². The Labute approximate surface area is 255 Å². The third kappa shape index (κ3) is 6.32. The van der Waals surface area contributed by atoms with E-state index in [9.17, 15) is 14.4 Å². The van der Waals surface area contributed by atoms with Crippen LogP contribution in [-0.2, 0) is 11.3 Å². The fourth-order valence-corrected chi connectivity index (χ4v) is 5.17. The Morgan fingerprint density at radius 3 is 2.27 bits per heavy atom. The number of fused-ring (bicyclic) bond motifs is 1. The minimum atomic E-state index is -0.615. The molecule has 1 aromatic heterocycles. The molecule has 1 N–H and O–H groups in total. The molecule has 1 unspecified atom stereocenters. The van der Waals surface area contributed by atoms with Crippen molar-refractivity contribution in [3.63, 3.8) is 0 Å². The number of hydrogen-bond donors (Lipinski definition) is 1. The second-order valence-corrected chi connectivity index (χ2v) is 10.1. The first-order valence-corrected chi connectivity index (χ1v) is 14.5. The van der Waals surface area contributed by atoms with Crippen molar-refractivity contribution in [1.82, 2.24) is 14.5 Å². The zero-order chi connectivity index (χ0) is 31.1. The number of nitrogens with zero attached hydrogens (tertiary/aromatic N) is 3. The number of esters is 1. The number of carbonyl (C=O) groups is 2. The first-order valence-electron chi connectivity index (χ1n) is 14.5. The number of rotatable bonds is 10. The van der Waals surface area contributed by atoms with Crippen molar-refractivity contribution in [2.45, 2.75) is 32.9 Å². The Kier molecular flexibility index (Phi) is 9.34. The Hall–Kier alpha value is -5.44. The summed E-state index contributed by atoms with van der Waals surface area (Å²) < 4.78 is 12.3. The van der Waals surface area contributed by atoms with Crippen LogP contribution in [-0.4, -0.2) is 40.2 Å². The summed E-state index contributed by atoms with van der Waals surface area (Å²) in [6, 6.07) is 29.6. The van der Waals surface area contributed by atoms with Crippen LogP contribution in [0.15, 0.2) is 108 Å². The van der Waals surface area contributed by atoms with Gasteiger partial charge >= 0.3 is 12.0 Å². The largest absolute Gasteiger partial charge is 0.495 e. The standard InChI is InChI=1S/C35H34N4O5/c1-4-29(32-37-28-16-10-9-15-27(28)33(40)39(32)30-17-11-12-18-31(30)43-3)38(23-24-13-7-6-8-14-24)35(42)36-26-21-19-25(20-22-26)34(41)44-5-2/h6-22,29H,4-5,23H2,1-3H3,(H,36,42). The van der Waals surface area contributed by atoms with Crippen molar-refractivity contribution >= 4 is 28.6 Å². The molecule has 0 aliphatic carbocycles. The van der Waals surface area contributed by atoms with Gasteiger partial charge in [0.05, 0.1) is 41.9 Å². The molecular weight excluding hydrogens is 556 g/mol. The van der Waals surface area contributed by atoms with Gasteiger partial charge in [-0.1, -0.05) is 61.5 Å². The van der Waals surface area contributed by atoms with Gasteiger partial charge in [-0.3, -0.25) is 9.36 Å². The zero-order valence-corrected chi connectivity index (χ0v) is 24.9. The predicted molar refractivity (Wildman–Crippen MR) is 170 cm³/mol. The molecule has 0 saturated carbocycles. The fraction of sp³-hybridized carbons (Fsp3) is 0.200. The van der Waals surface area contributed by atoms with Crippen LogP contribution >= 0.6 is 0 Å². The van der Waals surface area contributed by atoms with E-state index in [2.05, 4.69) is 5.32 Å². The Morgan fingerprint density at radius 1 is 0.886 bits per heavy atom. The maximum atomic E-state index is 14.1. The highest BCUT2D eigenvalue weighted by Crippen LogP contribution is 2.31. The van der Waals surface area contributed by atoms with Gasteiger partial charge in [0.2, 0.25) is 0 Å². The van der Waals surface area contributed by atoms with Gasteiger partial charge in [0.15, 0.2) is 0 Å². The molecule has 5 rings (SSSR count). The molecule has 1 atom stereocenters. The van der Waals surface area contributed by atoms with Crippen molar-refractivity contribution < 1.29 is 19.1 Å². The van der Waals surface area contributed by atoms with Crippen LogP contribution in [0, 0.1) is 0 Å². The highest BCUT2D eigenvalue weighted by atomic mass is 16.5. The van der Waals surface area contributed by atoms with E-state index in [1.54, 1.807) is 78.1 Å². The van der Waals surface area contributed by atoms with E-state index in [1.807, 2.05) is 55.5 Å². The van der Waals surface area contributed by atoms with E-state index in [4.69, 9.17) is 14.5 Å². The average molecular weight is 591 g/mol. The normalized spacial score (nSPS) is 11.5. The van der Waals surface area contributed by atoms with Crippen molar-refractivity contribution in [2.24, 2.45) is 0 Å². The smallest absolute Gasteiger partial charge is 0.338 e. The molecule has 0 bridgehead atoms.